The van der Waals surface area contributed by atoms with Crippen molar-refractivity contribution in [2.45, 2.75) is 397 Å². The fraction of sp³-hybridized carbons (Fsp3) is 0.985. The lowest BCUT2D eigenvalue weighted by molar-refractivity contribution is -0.302. The predicted octanol–water partition coefficient (Wildman–Crippen LogP) is 17.4. The molecule has 0 aromatic rings. The van der Waals surface area contributed by atoms with Crippen molar-refractivity contribution in [1.29, 1.82) is 0 Å². The molecule has 0 bridgehead atoms. The van der Waals surface area contributed by atoms with Crippen molar-refractivity contribution in [3.8, 4) is 0 Å². The Morgan fingerprint density at radius 1 is 0.405 bits per heavy atom. The van der Waals surface area contributed by atoms with E-state index in [-0.39, 0.29) is 12.5 Å². The highest BCUT2D eigenvalue weighted by Gasteiger charge is 2.44. The van der Waals surface area contributed by atoms with Gasteiger partial charge in [-0.25, -0.2) is 0 Å². The number of aliphatic hydroxyl groups is 5. The van der Waals surface area contributed by atoms with Crippen LogP contribution in [0.3, 0.4) is 0 Å². The highest BCUT2D eigenvalue weighted by atomic mass is 16.7. The number of unbranched alkanes of at least 4 members (excludes halogenated alkanes) is 49. The van der Waals surface area contributed by atoms with Crippen molar-refractivity contribution < 1.29 is 39.8 Å². The summed E-state index contributed by atoms with van der Waals surface area (Å²) in [6, 6.07) is -0.713. The van der Waals surface area contributed by atoms with Crippen LogP contribution in [0.2, 0.25) is 0 Å². The average molecular weight is 1050 g/mol. The summed E-state index contributed by atoms with van der Waals surface area (Å²) in [7, 11) is 0. The number of hydrogen-bond donors (Lipinski definition) is 6. The molecule has 6 N–H and O–H groups in total. The fourth-order valence-electron chi connectivity index (χ4n) is 11.2. The maximum atomic E-state index is 13.1. The van der Waals surface area contributed by atoms with E-state index in [1.165, 1.54) is 289 Å². The summed E-state index contributed by atoms with van der Waals surface area (Å²) >= 11 is 0. The Balaban J connectivity index is 2.03. The molecule has 0 aliphatic carbocycles. The third-order valence-electron chi connectivity index (χ3n) is 16.5. The Kier molecular flexibility index (Phi) is 53.4. The highest BCUT2D eigenvalue weighted by Crippen LogP contribution is 2.24. The molecule has 7 atom stereocenters. The average Bonchev–Trinajstić information content (AvgIpc) is 3.40. The van der Waals surface area contributed by atoms with E-state index in [2.05, 4.69) is 19.2 Å². The molecular formula is C65H129NO8. The fourth-order valence-corrected chi connectivity index (χ4v) is 11.2. The van der Waals surface area contributed by atoms with E-state index in [9.17, 15) is 30.3 Å². The van der Waals surface area contributed by atoms with Gasteiger partial charge in [-0.1, -0.05) is 335 Å². The molecule has 2 unspecified atom stereocenters. The van der Waals surface area contributed by atoms with Crippen molar-refractivity contribution >= 4 is 5.91 Å². The minimum absolute atomic E-state index is 0.131. The molecule has 442 valence electrons. The first kappa shape index (κ1) is 71.2. The van der Waals surface area contributed by atoms with Crippen molar-refractivity contribution in [3.63, 3.8) is 0 Å². The van der Waals surface area contributed by atoms with Gasteiger partial charge in [0.2, 0.25) is 5.91 Å². The van der Waals surface area contributed by atoms with Crippen LogP contribution in [0.1, 0.15) is 354 Å². The first-order valence-corrected chi connectivity index (χ1v) is 33.2. The van der Waals surface area contributed by atoms with E-state index in [4.69, 9.17) is 9.47 Å². The van der Waals surface area contributed by atoms with Crippen LogP contribution in [0.25, 0.3) is 0 Å². The number of aliphatic hydroxyl groups excluding tert-OH is 5. The van der Waals surface area contributed by atoms with Gasteiger partial charge in [0.05, 0.1) is 25.4 Å². The molecule has 1 aliphatic heterocycles. The van der Waals surface area contributed by atoms with Gasteiger partial charge in [0.25, 0.3) is 0 Å². The number of nitrogens with one attached hydrogen (secondary N) is 1. The molecule has 74 heavy (non-hydrogen) atoms. The Morgan fingerprint density at radius 2 is 0.676 bits per heavy atom. The lowest BCUT2D eigenvalue weighted by Crippen LogP contribution is -2.60. The van der Waals surface area contributed by atoms with Crippen molar-refractivity contribution in [3.05, 3.63) is 0 Å². The molecule has 0 aromatic carbocycles. The van der Waals surface area contributed by atoms with Gasteiger partial charge in [0.1, 0.15) is 24.4 Å². The maximum Gasteiger partial charge on any atom is 0.220 e. The van der Waals surface area contributed by atoms with Crippen molar-refractivity contribution in [1.82, 2.24) is 5.32 Å². The molecule has 1 aliphatic rings. The quantitative estimate of drug-likeness (QED) is 0.0330. The molecule has 1 amide bonds. The number of rotatable bonds is 59. The second-order valence-corrected chi connectivity index (χ2v) is 23.6. The topological polar surface area (TPSA) is 149 Å². The third-order valence-corrected chi connectivity index (χ3v) is 16.5. The summed E-state index contributed by atoms with van der Waals surface area (Å²) in [5.74, 6) is -0.135. The van der Waals surface area contributed by atoms with E-state index in [0.717, 1.165) is 38.5 Å². The first-order chi connectivity index (χ1) is 36.3. The summed E-state index contributed by atoms with van der Waals surface area (Å²) in [6.07, 6.45) is 61.8. The summed E-state index contributed by atoms with van der Waals surface area (Å²) in [5.41, 5.74) is 0. The monoisotopic (exact) mass is 1050 g/mol. The van der Waals surface area contributed by atoms with E-state index >= 15 is 0 Å². The number of amides is 1. The zero-order chi connectivity index (χ0) is 53.6. The lowest BCUT2D eigenvalue weighted by Gasteiger charge is -2.40. The molecule has 0 saturated carbocycles. The van der Waals surface area contributed by atoms with Crippen LogP contribution in [0, 0.1) is 0 Å². The number of ether oxygens (including phenoxy) is 2. The van der Waals surface area contributed by atoms with E-state index in [0.29, 0.717) is 12.8 Å². The van der Waals surface area contributed by atoms with Gasteiger partial charge >= 0.3 is 0 Å². The Labute approximate surface area is 459 Å². The van der Waals surface area contributed by atoms with Crippen LogP contribution in [0.5, 0.6) is 0 Å². The number of carbonyl (C=O) groups is 1. The van der Waals surface area contributed by atoms with E-state index < -0.39 is 49.5 Å². The van der Waals surface area contributed by atoms with Crippen molar-refractivity contribution in [2.24, 2.45) is 0 Å². The Morgan fingerprint density at radius 3 is 0.959 bits per heavy atom. The minimum Gasteiger partial charge on any atom is -0.394 e. The van der Waals surface area contributed by atoms with E-state index in [1.54, 1.807) is 0 Å². The largest absolute Gasteiger partial charge is 0.394 e. The molecule has 0 radical (unpaired) electrons. The third kappa shape index (κ3) is 44.1. The molecule has 9 heteroatoms. The number of carbonyl (C=O) groups excluding carboxylic acids is 1. The molecule has 0 spiro atoms. The molecule has 1 fully saturated rings. The van der Waals surface area contributed by atoms with Crippen LogP contribution in [-0.4, -0.2) is 87.5 Å². The summed E-state index contributed by atoms with van der Waals surface area (Å²) < 4.78 is 11.3. The smallest absolute Gasteiger partial charge is 0.220 e. The molecule has 9 nitrogen and oxygen atoms in total. The molecule has 1 rings (SSSR count). The second-order valence-electron chi connectivity index (χ2n) is 23.6. The van der Waals surface area contributed by atoms with Gasteiger partial charge < -0.3 is 40.3 Å². The summed E-state index contributed by atoms with van der Waals surface area (Å²) in [6.45, 7) is 3.89. The van der Waals surface area contributed by atoms with Gasteiger partial charge in [0.15, 0.2) is 6.29 Å². The number of hydrogen-bond acceptors (Lipinski definition) is 8. The van der Waals surface area contributed by atoms with Gasteiger partial charge in [0, 0.05) is 6.42 Å². The molecule has 0 aromatic heterocycles. The van der Waals surface area contributed by atoms with Crippen LogP contribution >= 0.6 is 0 Å². The zero-order valence-electron chi connectivity index (χ0n) is 49.4. The lowest BCUT2D eigenvalue weighted by atomic mass is 9.99. The normalized spacial score (nSPS) is 18.8. The SMILES string of the molecule is CCCCCCCCCCCCCCCCCCCCCCCCCCCCCCCCCCCCCCC(=O)N[C@@H](CO[C@@H]1O[C@H](CO)[C@H](O)C(O)C1O)[C@H](O)CCCCCCCCCCCCCCCCC. The predicted molar refractivity (Wildman–Crippen MR) is 314 cm³/mol. The Bertz CT molecular complexity index is 1130. The minimum atomic E-state index is -1.55. The summed E-state index contributed by atoms with van der Waals surface area (Å²) in [5, 5.41) is 54.7. The van der Waals surface area contributed by atoms with Crippen LogP contribution in [-0.2, 0) is 14.3 Å². The van der Waals surface area contributed by atoms with Gasteiger partial charge in [-0.15, -0.1) is 0 Å². The Hall–Kier alpha value is -0.810. The van der Waals surface area contributed by atoms with Crippen molar-refractivity contribution in [2.75, 3.05) is 13.2 Å². The highest BCUT2D eigenvalue weighted by molar-refractivity contribution is 5.76. The zero-order valence-corrected chi connectivity index (χ0v) is 49.4. The molecule has 1 saturated heterocycles. The van der Waals surface area contributed by atoms with Gasteiger partial charge in [-0.2, -0.15) is 0 Å². The molecule has 1 heterocycles. The van der Waals surface area contributed by atoms with Crippen LogP contribution in [0.4, 0.5) is 0 Å². The molecular weight excluding hydrogens is 923 g/mol. The second kappa shape index (κ2) is 55.5. The first-order valence-electron chi connectivity index (χ1n) is 33.2. The summed E-state index contributed by atoms with van der Waals surface area (Å²) in [4.78, 5) is 13.1. The maximum absolute atomic E-state index is 13.1. The van der Waals surface area contributed by atoms with E-state index in [1.807, 2.05) is 0 Å². The van der Waals surface area contributed by atoms with Crippen LogP contribution in [0.15, 0.2) is 0 Å². The standard InChI is InChI=1S/C65H129NO8/c1-3-5-7-9-11-13-15-17-19-20-21-22-23-24-25-26-27-28-29-30-31-32-33-34-35-36-37-38-39-41-43-45-47-49-51-53-55-61(69)66-58(57-73-65-64(72)63(71)62(70)60(56-67)74-65)59(68)54-52-50-48-46-44-42-40-18-16-14-12-10-8-6-4-2/h58-60,62-65,67-68,70-72H,3-57H2,1-2H3,(H,66,69)/t58-,59+,60+,62-,63?,64?,65+/m0/s1. The van der Waals surface area contributed by atoms with Crippen LogP contribution < -0.4 is 5.32 Å². The van der Waals surface area contributed by atoms with Gasteiger partial charge in [-0.3, -0.25) is 4.79 Å². The van der Waals surface area contributed by atoms with Gasteiger partial charge in [-0.05, 0) is 12.8 Å².